The average Bonchev–Trinajstić information content (AvgIpc) is 2.73. The molecule has 0 aliphatic rings. The number of hydrogen-bond donors (Lipinski definition) is 0. The Bertz CT molecular complexity index is 809. The van der Waals surface area contributed by atoms with Crippen molar-refractivity contribution in [3.63, 3.8) is 0 Å². The Morgan fingerprint density at radius 1 is 0.893 bits per heavy atom. The van der Waals surface area contributed by atoms with Crippen molar-refractivity contribution in [2.45, 2.75) is 13.1 Å². The van der Waals surface area contributed by atoms with E-state index in [0.717, 1.165) is 16.9 Å². The van der Waals surface area contributed by atoms with E-state index in [4.69, 9.17) is 23.7 Å². The quantitative estimate of drug-likeness (QED) is 0.594. The van der Waals surface area contributed by atoms with Gasteiger partial charge in [-0.1, -0.05) is 12.1 Å². The number of hydrogen-bond acceptors (Lipinski definition) is 6. The van der Waals surface area contributed by atoms with Gasteiger partial charge in [0.2, 0.25) is 5.75 Å². The molecule has 0 N–H and O–H groups in total. The highest BCUT2D eigenvalue weighted by molar-refractivity contribution is 9.10. The zero-order chi connectivity index (χ0) is 20.7. The van der Waals surface area contributed by atoms with Crippen LogP contribution < -0.4 is 18.9 Å². The van der Waals surface area contributed by atoms with Crippen LogP contribution in [0.2, 0.25) is 0 Å². The molecule has 152 valence electrons. The van der Waals surface area contributed by atoms with Crippen LogP contribution in [-0.4, -0.2) is 46.5 Å². The number of rotatable bonds is 8. The Kier molecular flexibility index (Phi) is 7.80. The first kappa shape index (κ1) is 21.7. The summed E-state index contributed by atoms with van der Waals surface area (Å²) in [5.74, 6) is 2.22. The van der Waals surface area contributed by atoms with Gasteiger partial charge in [-0.2, -0.15) is 0 Å². The molecule has 0 aromatic heterocycles. The van der Waals surface area contributed by atoms with E-state index in [1.54, 1.807) is 32.3 Å². The van der Waals surface area contributed by atoms with E-state index in [2.05, 4.69) is 15.9 Å². The highest BCUT2D eigenvalue weighted by Gasteiger charge is 2.23. The second kappa shape index (κ2) is 10.1. The van der Waals surface area contributed by atoms with Crippen molar-refractivity contribution < 1.29 is 28.5 Å². The highest BCUT2D eigenvalue weighted by Crippen LogP contribution is 2.45. The Hall–Kier alpha value is -2.61. The second-order valence-electron chi connectivity index (χ2n) is 5.79. The van der Waals surface area contributed by atoms with Crippen molar-refractivity contribution in [1.29, 1.82) is 0 Å². The predicted octanol–water partition coefficient (Wildman–Crippen LogP) is 4.25. The maximum absolute atomic E-state index is 12.4. The second-order valence-corrected chi connectivity index (χ2v) is 6.59. The van der Waals surface area contributed by atoms with Crippen molar-refractivity contribution in [2.24, 2.45) is 0 Å². The van der Waals surface area contributed by atoms with Gasteiger partial charge in [0.1, 0.15) is 5.75 Å². The SMILES string of the molecule is COC(=O)N(Cc1ccc(OC)cc1)Cc1cc(OC)c(OC)c(OC)c1Br. The lowest BCUT2D eigenvalue weighted by Gasteiger charge is -2.24. The maximum Gasteiger partial charge on any atom is 0.410 e. The largest absolute Gasteiger partial charge is 0.497 e. The van der Waals surface area contributed by atoms with Crippen molar-refractivity contribution >= 4 is 22.0 Å². The number of ether oxygens (including phenoxy) is 5. The average molecular weight is 454 g/mol. The van der Waals surface area contributed by atoms with Crippen LogP contribution in [0.25, 0.3) is 0 Å². The van der Waals surface area contributed by atoms with Crippen LogP contribution in [0.4, 0.5) is 4.79 Å². The number of methoxy groups -OCH3 is 5. The number of carbonyl (C=O) groups is 1. The van der Waals surface area contributed by atoms with Gasteiger partial charge in [-0.15, -0.1) is 0 Å². The minimum absolute atomic E-state index is 0.274. The van der Waals surface area contributed by atoms with Crippen LogP contribution in [0.3, 0.4) is 0 Å². The Balaban J connectivity index is 2.37. The van der Waals surface area contributed by atoms with E-state index in [0.29, 0.717) is 28.3 Å². The fraction of sp³-hybridized carbons (Fsp3) is 0.350. The number of halogens is 1. The van der Waals surface area contributed by atoms with E-state index in [9.17, 15) is 4.79 Å². The standard InChI is InChI=1S/C20H24BrNO6/c1-24-15-8-6-13(7-9-15)11-22(20(23)28-5)12-14-10-16(25-2)18(26-3)19(27-4)17(14)21/h6-10H,11-12H2,1-5H3. The number of carbonyl (C=O) groups excluding carboxylic acids is 1. The first-order valence-electron chi connectivity index (χ1n) is 8.42. The molecule has 8 heteroatoms. The van der Waals surface area contributed by atoms with E-state index >= 15 is 0 Å². The first-order valence-corrected chi connectivity index (χ1v) is 9.21. The minimum Gasteiger partial charge on any atom is -0.497 e. The van der Waals surface area contributed by atoms with Gasteiger partial charge in [0, 0.05) is 6.54 Å². The molecule has 0 unspecified atom stereocenters. The molecule has 0 fully saturated rings. The van der Waals surface area contributed by atoms with Gasteiger partial charge in [-0.3, -0.25) is 4.90 Å². The summed E-state index contributed by atoms with van der Waals surface area (Å²) in [5.41, 5.74) is 1.73. The van der Waals surface area contributed by atoms with E-state index in [1.165, 1.54) is 14.2 Å². The third-order valence-corrected chi connectivity index (χ3v) is 5.04. The van der Waals surface area contributed by atoms with Crippen LogP contribution >= 0.6 is 15.9 Å². The molecule has 0 aliphatic heterocycles. The summed E-state index contributed by atoms with van der Waals surface area (Å²) in [6.45, 7) is 0.635. The lowest BCUT2D eigenvalue weighted by molar-refractivity contribution is 0.117. The molecule has 28 heavy (non-hydrogen) atoms. The van der Waals surface area contributed by atoms with Crippen LogP contribution in [0.5, 0.6) is 23.0 Å². The van der Waals surface area contributed by atoms with Crippen molar-refractivity contribution in [2.75, 3.05) is 35.5 Å². The Morgan fingerprint density at radius 2 is 1.54 bits per heavy atom. The summed E-state index contributed by atoms with van der Waals surface area (Å²) in [7, 11) is 7.59. The molecule has 1 amide bonds. The molecule has 2 rings (SSSR count). The van der Waals surface area contributed by atoms with Crippen LogP contribution in [0, 0.1) is 0 Å². The summed E-state index contributed by atoms with van der Waals surface area (Å²) >= 11 is 3.54. The zero-order valence-corrected chi connectivity index (χ0v) is 18.2. The molecular formula is C20H24BrNO6. The van der Waals surface area contributed by atoms with Crippen LogP contribution in [0.1, 0.15) is 11.1 Å². The molecule has 2 aromatic carbocycles. The van der Waals surface area contributed by atoms with E-state index in [-0.39, 0.29) is 6.54 Å². The fourth-order valence-corrected chi connectivity index (χ4v) is 3.34. The molecule has 7 nitrogen and oxygen atoms in total. The molecule has 0 radical (unpaired) electrons. The Morgan fingerprint density at radius 3 is 2.04 bits per heavy atom. The molecule has 0 bridgehead atoms. The van der Waals surface area contributed by atoms with E-state index in [1.807, 2.05) is 24.3 Å². The minimum atomic E-state index is -0.448. The summed E-state index contributed by atoms with van der Waals surface area (Å²) in [5, 5.41) is 0. The summed E-state index contributed by atoms with van der Waals surface area (Å²) in [4.78, 5) is 13.9. The summed E-state index contributed by atoms with van der Waals surface area (Å²) in [6, 6.07) is 9.30. The number of nitrogens with zero attached hydrogens (tertiary/aromatic N) is 1. The molecular weight excluding hydrogens is 430 g/mol. The lowest BCUT2D eigenvalue weighted by Crippen LogP contribution is -2.30. The summed E-state index contributed by atoms with van der Waals surface area (Å²) in [6.07, 6.45) is -0.448. The van der Waals surface area contributed by atoms with Crippen LogP contribution in [-0.2, 0) is 17.8 Å². The normalized spacial score (nSPS) is 10.2. The van der Waals surface area contributed by atoms with Gasteiger partial charge in [0.15, 0.2) is 11.5 Å². The molecule has 0 saturated heterocycles. The van der Waals surface area contributed by atoms with Gasteiger partial charge >= 0.3 is 6.09 Å². The van der Waals surface area contributed by atoms with Gasteiger partial charge in [0.05, 0.1) is 46.6 Å². The molecule has 2 aromatic rings. The summed E-state index contributed by atoms with van der Waals surface area (Å²) < 4.78 is 27.1. The molecule has 0 aliphatic carbocycles. The monoisotopic (exact) mass is 453 g/mol. The maximum atomic E-state index is 12.4. The molecule has 0 saturated carbocycles. The van der Waals surface area contributed by atoms with Gasteiger partial charge in [-0.25, -0.2) is 4.79 Å². The number of benzene rings is 2. The highest BCUT2D eigenvalue weighted by atomic mass is 79.9. The third-order valence-electron chi connectivity index (χ3n) is 4.17. The van der Waals surface area contributed by atoms with Crippen molar-refractivity contribution in [3.05, 3.63) is 45.9 Å². The zero-order valence-electron chi connectivity index (χ0n) is 16.6. The smallest absolute Gasteiger partial charge is 0.410 e. The topological polar surface area (TPSA) is 66.5 Å². The molecule has 0 atom stereocenters. The number of amides is 1. The van der Waals surface area contributed by atoms with Crippen LogP contribution in [0.15, 0.2) is 34.8 Å². The van der Waals surface area contributed by atoms with Gasteiger partial charge in [0.25, 0.3) is 0 Å². The molecule has 0 spiro atoms. The first-order chi connectivity index (χ1) is 13.5. The Labute approximate surface area is 173 Å². The van der Waals surface area contributed by atoms with Gasteiger partial charge in [-0.05, 0) is 45.3 Å². The van der Waals surface area contributed by atoms with Crippen molar-refractivity contribution in [1.82, 2.24) is 4.90 Å². The predicted molar refractivity (Wildman–Crippen MR) is 108 cm³/mol. The van der Waals surface area contributed by atoms with Gasteiger partial charge < -0.3 is 23.7 Å². The fourth-order valence-electron chi connectivity index (χ4n) is 2.76. The molecule has 0 heterocycles. The lowest BCUT2D eigenvalue weighted by atomic mass is 10.1. The van der Waals surface area contributed by atoms with Crippen molar-refractivity contribution in [3.8, 4) is 23.0 Å². The van der Waals surface area contributed by atoms with E-state index < -0.39 is 6.09 Å². The third kappa shape index (κ3) is 4.81.